The molecule has 0 spiro atoms. The average molecular weight is 814 g/mol. The maximum atomic E-state index is 15.9. The molecular weight excluding hydrogens is 762 g/mol. The van der Waals surface area contributed by atoms with Gasteiger partial charge >= 0.3 is 12.1 Å². The Hall–Kier alpha value is -5.61. The van der Waals surface area contributed by atoms with Crippen molar-refractivity contribution in [3.63, 3.8) is 0 Å². The van der Waals surface area contributed by atoms with Crippen LogP contribution in [0.4, 0.5) is 9.18 Å². The van der Waals surface area contributed by atoms with Gasteiger partial charge in [0, 0.05) is 44.1 Å². The quantitative estimate of drug-likeness (QED) is 0.142. The standard InChI is InChI=1S/C43H52FN7O8/c1-23(56-3)30(21-36(52)58-5)41(53)50-17-8-10-35(50)40-46-32-16-13-27-19-25(11-14-28(27)38(32)48-40)26-12-15-29(31(44)20-26)33-22-45-39(47-33)34-9-7-18-51(34)42(54)37(24(2)57-4)49-43(55)59-6/h11-12,14-15,19-20,22-24,30,34-35,37H,7-10,13,16-18,21H2,1-6H3,(H,45,47)(H,46,48)(H,49,55)/t23-,24+,30+,34+,35+,37+/m1/s1. The van der Waals surface area contributed by atoms with Gasteiger partial charge in [-0.25, -0.2) is 19.2 Å². The number of hydrogen-bond donors (Lipinski definition) is 3. The van der Waals surface area contributed by atoms with Crippen molar-refractivity contribution in [3.8, 4) is 33.6 Å². The first-order valence-corrected chi connectivity index (χ1v) is 20.1. The second-order valence-corrected chi connectivity index (χ2v) is 15.5. The Balaban J connectivity index is 1.07. The number of carbonyl (C=O) groups excluding carboxylic acids is 4. The highest BCUT2D eigenvalue weighted by Gasteiger charge is 2.41. The van der Waals surface area contributed by atoms with Crippen LogP contribution in [0, 0.1) is 11.7 Å². The monoisotopic (exact) mass is 813 g/mol. The number of rotatable bonds is 13. The predicted molar refractivity (Wildman–Crippen MR) is 214 cm³/mol. The molecule has 16 heteroatoms. The molecule has 2 saturated heterocycles. The van der Waals surface area contributed by atoms with Gasteiger partial charge in [0.05, 0.1) is 68.4 Å². The third kappa shape index (κ3) is 8.33. The van der Waals surface area contributed by atoms with Gasteiger partial charge in [0.15, 0.2) is 0 Å². The Morgan fingerprint density at radius 1 is 0.831 bits per heavy atom. The van der Waals surface area contributed by atoms with Crippen molar-refractivity contribution in [2.24, 2.45) is 5.92 Å². The number of nitrogens with zero attached hydrogens (tertiary/aromatic N) is 4. The molecule has 3 N–H and O–H groups in total. The number of esters is 1. The van der Waals surface area contributed by atoms with E-state index in [-0.39, 0.29) is 30.3 Å². The Kier molecular flexibility index (Phi) is 12.5. The molecule has 6 atom stereocenters. The molecule has 2 aliphatic heterocycles. The van der Waals surface area contributed by atoms with Crippen molar-refractivity contribution in [1.82, 2.24) is 35.1 Å². The number of aromatic amines is 2. The molecule has 2 aromatic carbocycles. The molecule has 0 radical (unpaired) electrons. The zero-order valence-corrected chi connectivity index (χ0v) is 34.3. The van der Waals surface area contributed by atoms with Crippen LogP contribution in [0.25, 0.3) is 33.6 Å². The lowest BCUT2D eigenvalue weighted by Gasteiger charge is -2.30. The fourth-order valence-electron chi connectivity index (χ4n) is 8.62. The van der Waals surface area contributed by atoms with Crippen molar-refractivity contribution in [3.05, 3.63) is 71.3 Å². The SMILES string of the molecule is COC(=O)C[C@H](C(=O)N1CCC[C@H]1c1nc2c([nH]1)CCc1cc(-c3ccc(-c4cnc([C@@H]5CCCN5C(=O)[C@@H](NC(=O)OC)[C@H](C)OC)[nH]4)c(F)c3)ccc1-2)[C@@H](C)OC. The zero-order chi connectivity index (χ0) is 42.0. The van der Waals surface area contributed by atoms with Crippen LogP contribution >= 0.6 is 0 Å². The number of benzene rings is 2. The van der Waals surface area contributed by atoms with Crippen LogP contribution in [-0.2, 0) is 46.2 Å². The van der Waals surface area contributed by atoms with E-state index in [4.69, 9.17) is 23.9 Å². The van der Waals surface area contributed by atoms with Gasteiger partial charge in [0.2, 0.25) is 11.8 Å². The molecule has 59 heavy (non-hydrogen) atoms. The zero-order valence-electron chi connectivity index (χ0n) is 34.3. The summed E-state index contributed by atoms with van der Waals surface area (Å²) in [5, 5.41) is 2.59. The molecule has 0 saturated carbocycles. The highest BCUT2D eigenvalue weighted by molar-refractivity contribution is 5.87. The van der Waals surface area contributed by atoms with Crippen LogP contribution in [-0.4, -0.2) is 113 Å². The fourth-order valence-corrected chi connectivity index (χ4v) is 8.62. The number of alkyl carbamates (subject to hydrolysis) is 1. The largest absolute Gasteiger partial charge is 0.469 e. The number of hydrogen-bond acceptors (Lipinski definition) is 10. The number of ether oxygens (including phenoxy) is 4. The maximum absolute atomic E-state index is 15.9. The summed E-state index contributed by atoms with van der Waals surface area (Å²) < 4.78 is 36.4. The highest BCUT2D eigenvalue weighted by atomic mass is 19.1. The van der Waals surface area contributed by atoms with E-state index in [2.05, 4.69) is 26.3 Å². The summed E-state index contributed by atoms with van der Waals surface area (Å²) in [6.45, 7) is 4.52. The molecule has 1 aliphatic carbocycles. The van der Waals surface area contributed by atoms with E-state index >= 15 is 4.39 Å². The van der Waals surface area contributed by atoms with Gasteiger partial charge in [-0.2, -0.15) is 0 Å². The van der Waals surface area contributed by atoms with Crippen LogP contribution < -0.4 is 5.32 Å². The van der Waals surface area contributed by atoms with E-state index < -0.39 is 42.0 Å². The molecule has 0 bridgehead atoms. The van der Waals surface area contributed by atoms with Gasteiger partial charge in [0.1, 0.15) is 23.5 Å². The van der Waals surface area contributed by atoms with E-state index in [1.54, 1.807) is 31.0 Å². The Morgan fingerprint density at radius 3 is 2.15 bits per heavy atom. The second-order valence-electron chi connectivity index (χ2n) is 15.5. The van der Waals surface area contributed by atoms with Crippen molar-refractivity contribution in [2.45, 2.75) is 89.1 Å². The van der Waals surface area contributed by atoms with Crippen molar-refractivity contribution < 1.29 is 42.5 Å². The molecule has 4 aromatic rings. The molecule has 314 valence electrons. The van der Waals surface area contributed by atoms with E-state index in [0.29, 0.717) is 36.6 Å². The van der Waals surface area contributed by atoms with E-state index in [1.807, 2.05) is 23.1 Å². The van der Waals surface area contributed by atoms with Gasteiger partial charge < -0.3 is 44.0 Å². The molecule has 0 unspecified atom stereocenters. The second kappa shape index (κ2) is 17.7. The number of halogens is 1. The first-order valence-electron chi connectivity index (χ1n) is 20.1. The highest BCUT2D eigenvalue weighted by Crippen LogP contribution is 2.40. The minimum atomic E-state index is -0.958. The Bertz CT molecular complexity index is 2200. The predicted octanol–water partition coefficient (Wildman–Crippen LogP) is 5.67. The molecule has 15 nitrogen and oxygen atoms in total. The van der Waals surface area contributed by atoms with Gasteiger partial charge in [-0.15, -0.1) is 0 Å². The Labute approximate surface area is 342 Å². The number of likely N-dealkylation sites (tertiary alicyclic amines) is 2. The van der Waals surface area contributed by atoms with Gasteiger partial charge in [0.25, 0.3) is 0 Å². The normalized spacial score (nSPS) is 19.4. The van der Waals surface area contributed by atoms with E-state index in [0.717, 1.165) is 71.6 Å². The summed E-state index contributed by atoms with van der Waals surface area (Å²) in [7, 11) is 5.54. The van der Waals surface area contributed by atoms with Gasteiger partial charge in [-0.1, -0.05) is 24.3 Å². The van der Waals surface area contributed by atoms with E-state index in [9.17, 15) is 19.2 Å². The van der Waals surface area contributed by atoms with Crippen LogP contribution in [0.1, 0.15) is 80.9 Å². The molecule has 4 heterocycles. The van der Waals surface area contributed by atoms with Crippen LogP contribution in [0.3, 0.4) is 0 Å². The first-order chi connectivity index (χ1) is 28.5. The number of fused-ring (bicyclic) bond motifs is 3. The minimum absolute atomic E-state index is 0.0625. The van der Waals surface area contributed by atoms with Crippen molar-refractivity contribution in [2.75, 3.05) is 41.5 Å². The van der Waals surface area contributed by atoms with Crippen molar-refractivity contribution >= 4 is 23.9 Å². The topological polar surface area (TPSA) is 181 Å². The molecule has 3 aliphatic rings. The van der Waals surface area contributed by atoms with Gasteiger partial charge in [-0.05, 0) is 81.2 Å². The van der Waals surface area contributed by atoms with Crippen LogP contribution in [0.15, 0.2) is 42.6 Å². The van der Waals surface area contributed by atoms with Crippen LogP contribution in [0.2, 0.25) is 0 Å². The number of aryl methyl sites for hydroxylation is 2. The third-order valence-corrected chi connectivity index (χ3v) is 12.1. The van der Waals surface area contributed by atoms with Crippen LogP contribution in [0.5, 0.6) is 0 Å². The number of carbonyl (C=O) groups is 4. The lowest BCUT2D eigenvalue weighted by atomic mass is 9.89. The smallest absolute Gasteiger partial charge is 0.407 e. The number of amides is 3. The number of methoxy groups -OCH3 is 4. The van der Waals surface area contributed by atoms with Crippen molar-refractivity contribution in [1.29, 1.82) is 0 Å². The molecule has 2 fully saturated rings. The molecule has 7 rings (SSSR count). The van der Waals surface area contributed by atoms with E-state index in [1.165, 1.54) is 34.5 Å². The number of aromatic nitrogens is 4. The fraction of sp³-hybridized carbons (Fsp3) is 0.488. The third-order valence-electron chi connectivity index (χ3n) is 12.1. The number of imidazole rings is 2. The minimum Gasteiger partial charge on any atom is -0.469 e. The summed E-state index contributed by atoms with van der Waals surface area (Å²) in [6.07, 6.45) is 4.16. The number of H-pyrrole nitrogens is 2. The Morgan fingerprint density at radius 2 is 1.49 bits per heavy atom. The summed E-state index contributed by atoms with van der Waals surface area (Å²) in [6, 6.07) is 9.61. The summed E-state index contributed by atoms with van der Waals surface area (Å²) >= 11 is 0. The summed E-state index contributed by atoms with van der Waals surface area (Å²) in [4.78, 5) is 71.6. The molecule has 2 aromatic heterocycles. The number of nitrogens with one attached hydrogen (secondary N) is 3. The van der Waals surface area contributed by atoms with Gasteiger partial charge in [-0.3, -0.25) is 14.4 Å². The first kappa shape index (κ1) is 41.5. The summed E-state index contributed by atoms with van der Waals surface area (Å²) in [5.41, 5.74) is 6.38. The molecular formula is C43H52FN7O8. The lowest BCUT2D eigenvalue weighted by Crippen LogP contribution is -2.54. The maximum Gasteiger partial charge on any atom is 0.407 e. The summed E-state index contributed by atoms with van der Waals surface area (Å²) in [5.74, 6) is -0.759. The molecule has 3 amide bonds. The lowest BCUT2D eigenvalue weighted by molar-refractivity contribution is -0.151. The average Bonchev–Trinajstić information content (AvgIpc) is 4.09.